The predicted molar refractivity (Wildman–Crippen MR) is 148 cm³/mol. The van der Waals surface area contributed by atoms with Crippen molar-refractivity contribution in [2.75, 3.05) is 32.6 Å². The molecule has 0 fully saturated rings. The second-order valence-corrected chi connectivity index (χ2v) is 10.2. The number of carbonyl (C=O) groups is 2. The third kappa shape index (κ3) is 7.38. The van der Waals surface area contributed by atoms with Gasteiger partial charge in [-0.2, -0.15) is 0 Å². The summed E-state index contributed by atoms with van der Waals surface area (Å²) in [7, 11) is 3.06. The van der Waals surface area contributed by atoms with Crippen LogP contribution in [0.3, 0.4) is 0 Å². The van der Waals surface area contributed by atoms with Crippen molar-refractivity contribution < 1.29 is 19.1 Å². The number of amides is 2. The Balaban J connectivity index is 1.91. The van der Waals surface area contributed by atoms with Crippen LogP contribution in [-0.4, -0.2) is 44.0 Å². The van der Waals surface area contributed by atoms with E-state index in [0.29, 0.717) is 57.0 Å². The van der Waals surface area contributed by atoms with Gasteiger partial charge in [0.1, 0.15) is 0 Å². The molecule has 9 heteroatoms. The minimum atomic E-state index is -0.350. The molecule has 0 aliphatic heterocycles. The summed E-state index contributed by atoms with van der Waals surface area (Å²) in [6.45, 7) is 4.95. The van der Waals surface area contributed by atoms with E-state index in [1.54, 1.807) is 65.6 Å². The first kappa shape index (κ1) is 28.3. The van der Waals surface area contributed by atoms with Crippen molar-refractivity contribution in [1.82, 2.24) is 4.90 Å². The van der Waals surface area contributed by atoms with E-state index in [-0.39, 0.29) is 23.8 Å². The van der Waals surface area contributed by atoms with E-state index in [4.69, 9.17) is 38.4 Å². The summed E-state index contributed by atoms with van der Waals surface area (Å²) in [6, 6.07) is 16.9. The Labute approximate surface area is 227 Å². The predicted octanol–water partition coefficient (Wildman–Crippen LogP) is 5.89. The van der Waals surface area contributed by atoms with Crippen LogP contribution in [0.15, 0.2) is 60.7 Å². The van der Waals surface area contributed by atoms with Crippen molar-refractivity contribution >= 4 is 40.7 Å². The molecule has 0 bridgehead atoms. The van der Waals surface area contributed by atoms with Gasteiger partial charge in [-0.15, -0.1) is 0 Å². The van der Waals surface area contributed by atoms with Gasteiger partial charge >= 0.3 is 0 Å². The Kier molecular flexibility index (Phi) is 9.43. The topological polar surface area (TPSA) is 93.9 Å². The van der Waals surface area contributed by atoms with Crippen LogP contribution in [0, 0.1) is 5.41 Å². The molecule has 0 aliphatic carbocycles. The van der Waals surface area contributed by atoms with E-state index >= 15 is 0 Å². The summed E-state index contributed by atoms with van der Waals surface area (Å²) in [4.78, 5) is 28.1. The summed E-state index contributed by atoms with van der Waals surface area (Å²) in [5, 5.41) is 3.80. The van der Waals surface area contributed by atoms with E-state index in [9.17, 15) is 9.59 Å². The average molecular weight is 544 g/mol. The number of hydrogen-bond acceptors (Lipinski definition) is 5. The molecular weight excluding hydrogens is 513 g/mol. The van der Waals surface area contributed by atoms with Gasteiger partial charge in [0.05, 0.1) is 14.2 Å². The first-order valence-corrected chi connectivity index (χ1v) is 12.4. The number of ether oxygens (including phenoxy) is 2. The Bertz CT molecular complexity index is 1280. The molecule has 0 saturated heterocycles. The highest BCUT2D eigenvalue weighted by atomic mass is 35.5. The van der Waals surface area contributed by atoms with Crippen LogP contribution < -0.4 is 20.5 Å². The molecule has 0 atom stereocenters. The van der Waals surface area contributed by atoms with E-state index in [0.717, 1.165) is 0 Å². The van der Waals surface area contributed by atoms with Crippen LogP contribution in [0.4, 0.5) is 5.69 Å². The quantitative estimate of drug-likeness (QED) is 0.332. The Morgan fingerprint density at radius 3 is 2.32 bits per heavy atom. The summed E-state index contributed by atoms with van der Waals surface area (Å²) in [5.74, 6) is 0.458. The van der Waals surface area contributed by atoms with Crippen molar-refractivity contribution in [3.05, 3.63) is 87.4 Å². The zero-order valence-electron chi connectivity index (χ0n) is 21.3. The van der Waals surface area contributed by atoms with Crippen LogP contribution in [-0.2, 0) is 6.54 Å². The van der Waals surface area contributed by atoms with Crippen LogP contribution in [0.5, 0.6) is 11.5 Å². The molecule has 196 valence electrons. The Morgan fingerprint density at radius 1 is 0.946 bits per heavy atom. The molecule has 3 aromatic rings. The molecule has 0 saturated carbocycles. The molecule has 3 aromatic carbocycles. The molecule has 7 nitrogen and oxygen atoms in total. The number of carbonyl (C=O) groups excluding carboxylic acids is 2. The Hall–Kier alpha value is -3.26. The van der Waals surface area contributed by atoms with Crippen LogP contribution >= 0.6 is 23.2 Å². The standard InChI is InChI=1S/C28H31Cl2N3O4/c1-28(2,16-31)17-33(27(35)19-8-11-24(36-3)25(14-19)37-4)15-20-13-22(9-10-23(20)30)32-26(34)18-6-5-7-21(29)12-18/h5-14H,15-17,31H2,1-4H3,(H,32,34). The number of nitrogens with one attached hydrogen (secondary N) is 1. The molecule has 3 rings (SSSR count). The highest BCUT2D eigenvalue weighted by Gasteiger charge is 2.26. The fourth-order valence-corrected chi connectivity index (χ4v) is 4.11. The lowest BCUT2D eigenvalue weighted by molar-refractivity contribution is 0.0673. The monoisotopic (exact) mass is 543 g/mol. The molecule has 2 amide bonds. The van der Waals surface area contributed by atoms with Crippen molar-refractivity contribution in [2.45, 2.75) is 20.4 Å². The highest BCUT2D eigenvalue weighted by Crippen LogP contribution is 2.30. The third-order valence-electron chi connectivity index (χ3n) is 5.84. The Morgan fingerprint density at radius 2 is 1.68 bits per heavy atom. The van der Waals surface area contributed by atoms with Crippen LogP contribution in [0.25, 0.3) is 0 Å². The van der Waals surface area contributed by atoms with Gasteiger partial charge in [-0.05, 0) is 72.1 Å². The largest absolute Gasteiger partial charge is 0.493 e. The second-order valence-electron chi connectivity index (χ2n) is 9.37. The fourth-order valence-electron chi connectivity index (χ4n) is 3.74. The fraction of sp³-hybridized carbons (Fsp3) is 0.286. The number of anilines is 1. The first-order valence-electron chi connectivity index (χ1n) is 11.6. The van der Waals surface area contributed by atoms with Gasteiger partial charge in [0.15, 0.2) is 11.5 Å². The smallest absolute Gasteiger partial charge is 0.255 e. The zero-order valence-corrected chi connectivity index (χ0v) is 22.8. The molecule has 0 aromatic heterocycles. The summed E-state index contributed by atoms with van der Waals surface area (Å²) < 4.78 is 10.7. The number of methoxy groups -OCH3 is 2. The molecule has 0 radical (unpaired) electrons. The van der Waals surface area contributed by atoms with Crippen LogP contribution in [0.1, 0.15) is 40.1 Å². The van der Waals surface area contributed by atoms with Crippen molar-refractivity contribution in [3.8, 4) is 11.5 Å². The summed E-state index contributed by atoms with van der Waals surface area (Å²) in [6.07, 6.45) is 0. The normalized spacial score (nSPS) is 11.1. The van der Waals surface area contributed by atoms with Gasteiger partial charge in [0.2, 0.25) is 0 Å². The number of nitrogens with zero attached hydrogens (tertiary/aromatic N) is 1. The molecule has 0 heterocycles. The number of hydrogen-bond donors (Lipinski definition) is 2. The average Bonchev–Trinajstić information content (AvgIpc) is 2.89. The second kappa shape index (κ2) is 12.3. The van der Waals surface area contributed by atoms with Crippen molar-refractivity contribution in [2.24, 2.45) is 11.1 Å². The van der Waals surface area contributed by atoms with Gasteiger partial charge in [0, 0.05) is 39.9 Å². The SMILES string of the molecule is COc1ccc(C(=O)N(Cc2cc(NC(=O)c3cccc(Cl)c3)ccc2Cl)CC(C)(C)CN)cc1OC. The first-order chi connectivity index (χ1) is 17.6. The third-order valence-corrected chi connectivity index (χ3v) is 6.44. The highest BCUT2D eigenvalue weighted by molar-refractivity contribution is 6.31. The van der Waals surface area contributed by atoms with E-state index in [2.05, 4.69) is 5.32 Å². The van der Waals surface area contributed by atoms with E-state index < -0.39 is 0 Å². The minimum absolute atomic E-state index is 0.205. The zero-order chi connectivity index (χ0) is 27.2. The van der Waals surface area contributed by atoms with Gasteiger partial charge < -0.3 is 25.4 Å². The number of rotatable bonds is 10. The summed E-state index contributed by atoms with van der Waals surface area (Å²) >= 11 is 12.5. The van der Waals surface area contributed by atoms with Gasteiger partial charge in [-0.1, -0.05) is 43.1 Å². The minimum Gasteiger partial charge on any atom is -0.493 e. The van der Waals surface area contributed by atoms with E-state index in [1.165, 1.54) is 14.2 Å². The van der Waals surface area contributed by atoms with Crippen LogP contribution in [0.2, 0.25) is 10.0 Å². The van der Waals surface area contributed by atoms with Crippen molar-refractivity contribution in [3.63, 3.8) is 0 Å². The number of benzene rings is 3. The molecule has 0 unspecified atom stereocenters. The lowest BCUT2D eigenvalue weighted by Crippen LogP contribution is -2.41. The van der Waals surface area contributed by atoms with E-state index in [1.807, 2.05) is 13.8 Å². The van der Waals surface area contributed by atoms with Gasteiger partial charge in [-0.25, -0.2) is 0 Å². The lowest BCUT2D eigenvalue weighted by Gasteiger charge is -2.32. The maximum absolute atomic E-state index is 13.7. The molecule has 0 spiro atoms. The van der Waals surface area contributed by atoms with Crippen molar-refractivity contribution in [1.29, 1.82) is 0 Å². The summed E-state index contributed by atoms with van der Waals surface area (Å²) in [5.41, 5.74) is 7.72. The molecule has 37 heavy (non-hydrogen) atoms. The molecule has 3 N–H and O–H groups in total. The molecular formula is C28H31Cl2N3O4. The lowest BCUT2D eigenvalue weighted by atomic mass is 9.92. The molecule has 0 aliphatic rings. The maximum Gasteiger partial charge on any atom is 0.255 e. The van der Waals surface area contributed by atoms with Gasteiger partial charge in [-0.3, -0.25) is 9.59 Å². The van der Waals surface area contributed by atoms with Gasteiger partial charge in [0.25, 0.3) is 11.8 Å². The maximum atomic E-state index is 13.7. The number of nitrogens with two attached hydrogens (primary N) is 1. The number of halogens is 2.